The first-order chi connectivity index (χ1) is 9.78. The third-order valence-electron chi connectivity index (χ3n) is 3.64. The van der Waals surface area contributed by atoms with Crippen LogP contribution in [0.15, 0.2) is 29.2 Å². The normalized spacial score (nSPS) is 11.6. The number of rotatable bonds is 7. The van der Waals surface area contributed by atoms with Gasteiger partial charge in [-0.2, -0.15) is 0 Å². The number of halogens is 2. The fourth-order valence-electron chi connectivity index (χ4n) is 2.00. The Morgan fingerprint density at radius 3 is 2.14 bits per heavy atom. The molecular weight excluding hydrogens is 347 g/mol. The molecule has 1 rings (SSSR count). The number of nitrogens with one attached hydrogen (secondary N) is 1. The predicted octanol–water partition coefficient (Wildman–Crippen LogP) is 2.17. The molecule has 0 bridgehead atoms. The van der Waals surface area contributed by atoms with Crippen LogP contribution in [0.1, 0.15) is 26.7 Å². The summed E-state index contributed by atoms with van der Waals surface area (Å²) in [4.78, 5) is 12.1. The molecule has 1 amide bonds. The van der Waals surface area contributed by atoms with E-state index in [0.717, 1.165) is 0 Å². The summed E-state index contributed by atoms with van der Waals surface area (Å²) >= 11 is 5.72. The highest BCUT2D eigenvalue weighted by Crippen LogP contribution is 2.17. The van der Waals surface area contributed by atoms with Crippen molar-refractivity contribution in [3.63, 3.8) is 0 Å². The van der Waals surface area contributed by atoms with Crippen LogP contribution in [0.25, 0.3) is 0 Å². The first-order valence-electron chi connectivity index (χ1n) is 6.78. The zero-order valence-electron chi connectivity index (χ0n) is 12.6. The highest BCUT2D eigenvalue weighted by Gasteiger charge is 2.28. The minimum atomic E-state index is -3.68. The Labute approximate surface area is 142 Å². The second-order valence-electron chi connectivity index (χ2n) is 4.95. The third-order valence-corrected chi connectivity index (χ3v) is 5.53. The van der Waals surface area contributed by atoms with E-state index in [4.69, 9.17) is 17.3 Å². The van der Waals surface area contributed by atoms with Gasteiger partial charge in [-0.3, -0.25) is 4.79 Å². The van der Waals surface area contributed by atoms with Gasteiger partial charge in [0.2, 0.25) is 5.91 Å². The average Bonchev–Trinajstić information content (AvgIpc) is 2.45. The van der Waals surface area contributed by atoms with Gasteiger partial charge in [0.05, 0.1) is 10.4 Å². The number of hydrogen-bond donors (Lipinski definition) is 2. The van der Waals surface area contributed by atoms with Crippen molar-refractivity contribution in [2.75, 3.05) is 12.3 Å². The molecule has 0 aliphatic rings. The molecule has 0 atom stereocenters. The van der Waals surface area contributed by atoms with Crippen LogP contribution in [0.5, 0.6) is 0 Å². The number of nitrogens with two attached hydrogens (primary N) is 1. The molecular formula is C14H22Cl2N2O3S. The first-order valence-corrected chi connectivity index (χ1v) is 8.81. The van der Waals surface area contributed by atoms with Crippen LogP contribution < -0.4 is 11.1 Å². The SMILES string of the molecule is CCC(CC)(CN)NC(=O)CS(=O)(=O)c1ccc(Cl)cc1.Cl. The lowest BCUT2D eigenvalue weighted by Gasteiger charge is -2.31. The van der Waals surface area contributed by atoms with Gasteiger partial charge in [-0.1, -0.05) is 25.4 Å². The van der Waals surface area contributed by atoms with Gasteiger partial charge in [-0.05, 0) is 37.1 Å². The molecule has 0 aliphatic carbocycles. The van der Waals surface area contributed by atoms with Gasteiger partial charge in [0, 0.05) is 11.6 Å². The number of sulfone groups is 1. The predicted molar refractivity (Wildman–Crippen MR) is 91.3 cm³/mol. The molecule has 0 spiro atoms. The van der Waals surface area contributed by atoms with Crippen molar-refractivity contribution in [2.24, 2.45) is 5.73 Å². The number of carbonyl (C=O) groups is 1. The molecule has 0 fully saturated rings. The van der Waals surface area contributed by atoms with Crippen LogP contribution in [0, 0.1) is 0 Å². The summed E-state index contributed by atoms with van der Waals surface area (Å²) in [6.45, 7) is 4.08. The van der Waals surface area contributed by atoms with E-state index in [1.807, 2.05) is 13.8 Å². The lowest BCUT2D eigenvalue weighted by Crippen LogP contribution is -2.54. The van der Waals surface area contributed by atoms with Crippen molar-refractivity contribution in [1.82, 2.24) is 5.32 Å². The molecule has 0 aromatic heterocycles. The van der Waals surface area contributed by atoms with E-state index < -0.39 is 27.0 Å². The summed E-state index contributed by atoms with van der Waals surface area (Å²) in [5, 5.41) is 3.19. The Hall–Kier alpha value is -0.820. The van der Waals surface area contributed by atoms with Crippen molar-refractivity contribution < 1.29 is 13.2 Å². The van der Waals surface area contributed by atoms with Crippen LogP contribution in [0.3, 0.4) is 0 Å². The van der Waals surface area contributed by atoms with Crippen LogP contribution in [0.4, 0.5) is 0 Å². The topological polar surface area (TPSA) is 89.3 Å². The lowest BCUT2D eigenvalue weighted by atomic mass is 9.93. The number of amides is 1. The standard InChI is InChI=1S/C14H21ClN2O3S.ClH/c1-3-14(4-2,10-16)17-13(18)9-21(19,20)12-7-5-11(15)6-8-12;/h5-8H,3-4,9-10,16H2,1-2H3,(H,17,18);1H. The second kappa shape index (κ2) is 8.72. The van der Waals surface area contributed by atoms with Gasteiger partial charge in [-0.25, -0.2) is 8.42 Å². The van der Waals surface area contributed by atoms with E-state index in [0.29, 0.717) is 17.9 Å². The monoisotopic (exact) mass is 368 g/mol. The molecule has 5 nitrogen and oxygen atoms in total. The summed E-state index contributed by atoms with van der Waals surface area (Å²) < 4.78 is 24.3. The zero-order chi connectivity index (χ0) is 16.1. The maximum Gasteiger partial charge on any atom is 0.236 e. The van der Waals surface area contributed by atoms with Crippen LogP contribution in [0.2, 0.25) is 5.02 Å². The molecule has 0 aliphatic heterocycles. The van der Waals surface area contributed by atoms with Gasteiger partial charge in [0.1, 0.15) is 5.75 Å². The third kappa shape index (κ3) is 5.43. The van der Waals surface area contributed by atoms with Crippen molar-refractivity contribution in [2.45, 2.75) is 37.1 Å². The van der Waals surface area contributed by atoms with E-state index in [1.54, 1.807) is 0 Å². The summed E-state index contributed by atoms with van der Waals surface area (Å²) in [5.41, 5.74) is 5.14. The highest BCUT2D eigenvalue weighted by molar-refractivity contribution is 7.92. The molecule has 0 radical (unpaired) electrons. The van der Waals surface area contributed by atoms with E-state index >= 15 is 0 Å². The number of hydrogen-bond acceptors (Lipinski definition) is 4. The van der Waals surface area contributed by atoms with Gasteiger partial charge in [0.25, 0.3) is 0 Å². The summed E-state index contributed by atoms with van der Waals surface area (Å²) in [5.74, 6) is -1.14. The Kier molecular flexibility index (Phi) is 8.39. The van der Waals surface area contributed by atoms with Gasteiger partial charge in [-0.15, -0.1) is 12.4 Å². The second-order valence-corrected chi connectivity index (χ2v) is 7.38. The molecule has 8 heteroatoms. The van der Waals surface area contributed by atoms with Gasteiger partial charge < -0.3 is 11.1 Å². The number of carbonyl (C=O) groups excluding carboxylic acids is 1. The average molecular weight is 369 g/mol. The van der Waals surface area contributed by atoms with Gasteiger partial charge in [0.15, 0.2) is 9.84 Å². The largest absolute Gasteiger partial charge is 0.349 e. The zero-order valence-corrected chi connectivity index (χ0v) is 15.0. The maximum atomic E-state index is 12.2. The highest BCUT2D eigenvalue weighted by atomic mass is 35.5. The Balaban J connectivity index is 0.00000441. The summed E-state index contributed by atoms with van der Waals surface area (Å²) in [6, 6.07) is 5.74. The van der Waals surface area contributed by atoms with E-state index in [-0.39, 0.29) is 23.8 Å². The van der Waals surface area contributed by atoms with Crippen LogP contribution in [-0.2, 0) is 14.6 Å². The Bertz CT molecular complexity index is 576. The molecule has 126 valence electrons. The fraction of sp³-hybridized carbons (Fsp3) is 0.500. The Morgan fingerprint density at radius 1 is 1.23 bits per heavy atom. The Morgan fingerprint density at radius 2 is 1.73 bits per heavy atom. The minimum absolute atomic E-state index is 0. The molecule has 0 unspecified atom stereocenters. The van der Waals surface area contributed by atoms with Gasteiger partial charge >= 0.3 is 0 Å². The van der Waals surface area contributed by atoms with Crippen LogP contribution >= 0.6 is 24.0 Å². The van der Waals surface area contributed by atoms with Crippen molar-refractivity contribution in [1.29, 1.82) is 0 Å². The van der Waals surface area contributed by atoms with Crippen molar-refractivity contribution in [3.8, 4) is 0 Å². The van der Waals surface area contributed by atoms with E-state index in [2.05, 4.69) is 5.32 Å². The van der Waals surface area contributed by atoms with E-state index in [1.165, 1.54) is 24.3 Å². The molecule has 0 saturated carbocycles. The molecule has 1 aromatic carbocycles. The quantitative estimate of drug-likeness (QED) is 0.771. The minimum Gasteiger partial charge on any atom is -0.349 e. The first kappa shape index (κ1) is 21.2. The molecule has 0 saturated heterocycles. The van der Waals surface area contributed by atoms with E-state index in [9.17, 15) is 13.2 Å². The number of benzene rings is 1. The summed E-state index contributed by atoms with van der Waals surface area (Å²) in [7, 11) is -3.68. The van der Waals surface area contributed by atoms with Crippen molar-refractivity contribution in [3.05, 3.63) is 29.3 Å². The molecule has 1 aromatic rings. The fourth-order valence-corrected chi connectivity index (χ4v) is 3.26. The molecule has 3 N–H and O–H groups in total. The summed E-state index contributed by atoms with van der Waals surface area (Å²) in [6.07, 6.45) is 1.29. The molecule has 0 heterocycles. The molecule has 22 heavy (non-hydrogen) atoms. The maximum absolute atomic E-state index is 12.2. The van der Waals surface area contributed by atoms with Crippen molar-refractivity contribution >= 4 is 39.8 Å². The van der Waals surface area contributed by atoms with Crippen LogP contribution in [-0.4, -0.2) is 32.2 Å². The smallest absolute Gasteiger partial charge is 0.236 e. The lowest BCUT2D eigenvalue weighted by molar-refractivity contribution is -0.120.